The van der Waals surface area contributed by atoms with E-state index in [9.17, 15) is 4.79 Å². The van der Waals surface area contributed by atoms with Gasteiger partial charge in [0.05, 0.1) is 0 Å². The number of amides is 1. The lowest BCUT2D eigenvalue weighted by Crippen LogP contribution is -2.40. The quantitative estimate of drug-likeness (QED) is 0.758. The number of carbonyl (C=O) groups excluding carboxylic acids is 1. The molecule has 1 aromatic rings. The first-order chi connectivity index (χ1) is 14.2. The Kier molecular flexibility index (Phi) is 6.93. The van der Waals surface area contributed by atoms with Crippen LogP contribution in [0.2, 0.25) is 0 Å². The normalized spacial score (nSPS) is 25.1. The zero-order valence-corrected chi connectivity index (χ0v) is 17.5. The molecule has 6 heteroatoms. The molecule has 1 aromatic carbocycles. The highest BCUT2D eigenvalue weighted by Gasteiger charge is 2.28. The Morgan fingerprint density at radius 1 is 1.14 bits per heavy atom. The summed E-state index contributed by atoms with van der Waals surface area (Å²) in [6.45, 7) is 4.05. The minimum absolute atomic E-state index is 0.0137. The Morgan fingerprint density at radius 3 is 2.69 bits per heavy atom. The summed E-state index contributed by atoms with van der Waals surface area (Å²) in [6.07, 6.45) is 8.31. The number of hydrogen-bond donors (Lipinski definition) is 1. The first kappa shape index (κ1) is 20.5. The molecule has 0 atom stereocenters. The van der Waals surface area contributed by atoms with Gasteiger partial charge in [0, 0.05) is 18.7 Å². The Hall–Kier alpha value is -1.79. The molecule has 0 aromatic heterocycles. The molecule has 1 aliphatic carbocycles. The first-order valence-electron chi connectivity index (χ1n) is 11.1. The molecular formula is C23H34N2O4. The Bertz CT molecular complexity index is 679. The van der Waals surface area contributed by atoms with Crippen LogP contribution in [0.1, 0.15) is 56.4 Å². The van der Waals surface area contributed by atoms with E-state index in [1.165, 1.54) is 44.2 Å². The van der Waals surface area contributed by atoms with E-state index < -0.39 is 0 Å². The van der Waals surface area contributed by atoms with Crippen molar-refractivity contribution in [2.45, 2.75) is 56.9 Å². The predicted molar refractivity (Wildman–Crippen MR) is 111 cm³/mol. The smallest absolute Gasteiger partial charge is 0.246 e. The fraction of sp³-hybridized carbons (Fsp3) is 0.696. The lowest BCUT2D eigenvalue weighted by molar-refractivity contribution is -0.125. The molecule has 4 rings (SSSR count). The van der Waals surface area contributed by atoms with Crippen LogP contribution in [0.15, 0.2) is 18.2 Å². The van der Waals surface area contributed by atoms with Gasteiger partial charge in [0.15, 0.2) is 11.5 Å². The van der Waals surface area contributed by atoms with Crippen molar-refractivity contribution in [1.82, 2.24) is 10.2 Å². The number of likely N-dealkylation sites (tertiary alicyclic amines) is 1. The average Bonchev–Trinajstić information content (AvgIpc) is 3.23. The van der Waals surface area contributed by atoms with Crippen molar-refractivity contribution in [3.8, 4) is 11.5 Å². The number of carbonyl (C=O) groups is 1. The summed E-state index contributed by atoms with van der Waals surface area (Å²) < 4.78 is 16.1. The largest absolute Gasteiger partial charge is 0.454 e. The molecule has 3 aliphatic rings. The van der Waals surface area contributed by atoms with Crippen LogP contribution in [0.4, 0.5) is 0 Å². The number of ether oxygens (including phenoxy) is 3. The van der Waals surface area contributed by atoms with Crippen molar-refractivity contribution in [3.05, 3.63) is 23.8 Å². The van der Waals surface area contributed by atoms with Crippen LogP contribution in [-0.2, 0) is 9.53 Å². The van der Waals surface area contributed by atoms with Gasteiger partial charge in [0.2, 0.25) is 12.7 Å². The van der Waals surface area contributed by atoms with E-state index in [1.807, 2.05) is 6.07 Å². The number of hydrogen-bond acceptors (Lipinski definition) is 5. The van der Waals surface area contributed by atoms with E-state index in [0.29, 0.717) is 18.8 Å². The molecule has 2 heterocycles. The molecule has 2 fully saturated rings. The summed E-state index contributed by atoms with van der Waals surface area (Å²) in [5.74, 6) is 3.26. The van der Waals surface area contributed by atoms with E-state index in [-0.39, 0.29) is 12.5 Å². The summed E-state index contributed by atoms with van der Waals surface area (Å²) in [5.41, 5.74) is 1.33. The van der Waals surface area contributed by atoms with E-state index in [1.54, 1.807) is 7.11 Å². The van der Waals surface area contributed by atoms with E-state index >= 15 is 0 Å². The van der Waals surface area contributed by atoms with Crippen LogP contribution < -0.4 is 14.8 Å². The number of benzene rings is 1. The fourth-order valence-corrected chi connectivity index (χ4v) is 5.10. The maximum Gasteiger partial charge on any atom is 0.246 e. The standard InChI is InChI=1S/C23H34N2O4/c1-27-15-22(26)24-19-7-5-17(6-8-19)9-12-25-13-10-18(11-14-25)20-3-2-4-21-23(20)29-16-28-21/h2-4,17-19H,5-16H2,1H3,(H,24,26). The van der Waals surface area contributed by atoms with Crippen molar-refractivity contribution in [1.29, 1.82) is 0 Å². The number of piperidine rings is 1. The zero-order chi connectivity index (χ0) is 20.1. The zero-order valence-electron chi connectivity index (χ0n) is 17.5. The third-order valence-electron chi connectivity index (χ3n) is 6.80. The van der Waals surface area contributed by atoms with Crippen molar-refractivity contribution >= 4 is 5.91 Å². The molecule has 0 unspecified atom stereocenters. The SMILES string of the molecule is COCC(=O)NC1CCC(CCN2CCC(c3cccc4c3OCO4)CC2)CC1. The number of fused-ring (bicyclic) bond motifs is 1. The van der Waals surface area contributed by atoms with E-state index in [0.717, 1.165) is 43.3 Å². The molecule has 6 nitrogen and oxygen atoms in total. The van der Waals surface area contributed by atoms with E-state index in [2.05, 4.69) is 22.3 Å². The highest BCUT2D eigenvalue weighted by atomic mass is 16.7. The molecule has 0 spiro atoms. The van der Waals surface area contributed by atoms with Crippen LogP contribution in [0.5, 0.6) is 11.5 Å². The van der Waals surface area contributed by atoms with Gasteiger partial charge >= 0.3 is 0 Å². The van der Waals surface area contributed by atoms with Gasteiger partial charge in [-0.1, -0.05) is 12.1 Å². The average molecular weight is 403 g/mol. The Labute approximate surface area is 173 Å². The lowest BCUT2D eigenvalue weighted by atomic mass is 9.83. The molecule has 1 saturated heterocycles. The summed E-state index contributed by atoms with van der Waals surface area (Å²) in [6, 6.07) is 6.63. The number of nitrogens with zero attached hydrogens (tertiary/aromatic N) is 1. The molecule has 1 saturated carbocycles. The molecule has 0 radical (unpaired) electrons. The highest BCUT2D eigenvalue weighted by molar-refractivity contribution is 5.77. The summed E-state index contributed by atoms with van der Waals surface area (Å²) in [4.78, 5) is 14.3. The highest BCUT2D eigenvalue weighted by Crippen LogP contribution is 2.42. The molecule has 160 valence electrons. The van der Waals surface area contributed by atoms with Gasteiger partial charge in [-0.2, -0.15) is 0 Å². The molecule has 1 amide bonds. The fourth-order valence-electron chi connectivity index (χ4n) is 5.10. The second-order valence-corrected chi connectivity index (χ2v) is 8.70. The second kappa shape index (κ2) is 9.81. The van der Waals surface area contributed by atoms with Gasteiger partial charge < -0.3 is 24.4 Å². The minimum atomic E-state index is 0.0137. The van der Waals surface area contributed by atoms with Gasteiger partial charge in [-0.15, -0.1) is 0 Å². The van der Waals surface area contributed by atoms with Gasteiger partial charge in [-0.3, -0.25) is 4.79 Å². The number of nitrogens with one attached hydrogen (secondary N) is 1. The summed E-state index contributed by atoms with van der Waals surface area (Å²) in [5, 5.41) is 3.09. The van der Waals surface area contributed by atoms with Crippen molar-refractivity contribution in [3.63, 3.8) is 0 Å². The molecule has 29 heavy (non-hydrogen) atoms. The molecule has 0 bridgehead atoms. The predicted octanol–water partition coefficient (Wildman–Crippen LogP) is 3.31. The maximum atomic E-state index is 11.7. The summed E-state index contributed by atoms with van der Waals surface area (Å²) in [7, 11) is 1.56. The number of para-hydroxylation sites is 1. The van der Waals surface area contributed by atoms with E-state index in [4.69, 9.17) is 14.2 Å². The van der Waals surface area contributed by atoms with Crippen LogP contribution in [0.25, 0.3) is 0 Å². The third kappa shape index (κ3) is 5.23. The molecular weight excluding hydrogens is 368 g/mol. The number of methoxy groups -OCH3 is 1. The summed E-state index contributed by atoms with van der Waals surface area (Å²) >= 11 is 0. The van der Waals surface area contributed by atoms with Crippen LogP contribution in [-0.4, -0.2) is 57.0 Å². The molecule has 2 aliphatic heterocycles. The third-order valence-corrected chi connectivity index (χ3v) is 6.80. The van der Waals surface area contributed by atoms with Gasteiger partial charge in [-0.25, -0.2) is 0 Å². The van der Waals surface area contributed by atoms with Crippen LogP contribution in [0.3, 0.4) is 0 Å². The minimum Gasteiger partial charge on any atom is -0.454 e. The topological polar surface area (TPSA) is 60.0 Å². The Morgan fingerprint density at radius 2 is 1.93 bits per heavy atom. The van der Waals surface area contributed by atoms with Crippen molar-refractivity contribution in [2.24, 2.45) is 5.92 Å². The first-order valence-corrected chi connectivity index (χ1v) is 11.1. The second-order valence-electron chi connectivity index (χ2n) is 8.70. The monoisotopic (exact) mass is 402 g/mol. The van der Waals surface area contributed by atoms with Crippen molar-refractivity contribution in [2.75, 3.05) is 40.1 Å². The Balaban J connectivity index is 1.16. The molecule has 1 N–H and O–H groups in total. The van der Waals surface area contributed by atoms with Gasteiger partial charge in [-0.05, 0) is 82.5 Å². The number of rotatable bonds is 7. The van der Waals surface area contributed by atoms with Crippen molar-refractivity contribution < 1.29 is 19.0 Å². The van der Waals surface area contributed by atoms with Gasteiger partial charge in [0.25, 0.3) is 0 Å². The maximum absolute atomic E-state index is 11.7. The van der Waals surface area contributed by atoms with Gasteiger partial charge in [0.1, 0.15) is 6.61 Å². The van der Waals surface area contributed by atoms with Crippen LogP contribution >= 0.6 is 0 Å². The lowest BCUT2D eigenvalue weighted by Gasteiger charge is -2.34. The van der Waals surface area contributed by atoms with Crippen LogP contribution in [0, 0.1) is 5.92 Å².